The quantitative estimate of drug-likeness (QED) is 0.484. The van der Waals surface area contributed by atoms with Crippen molar-refractivity contribution in [3.63, 3.8) is 0 Å². The van der Waals surface area contributed by atoms with E-state index in [4.69, 9.17) is 5.84 Å². The van der Waals surface area contributed by atoms with Crippen LogP contribution in [-0.4, -0.2) is 35.5 Å². The van der Waals surface area contributed by atoms with E-state index in [1.54, 1.807) is 6.92 Å². The smallest absolute Gasteiger partial charge is 0.239 e. The minimum Gasteiger partial charge on any atom is -0.355 e. The first-order valence-electron chi connectivity index (χ1n) is 5.63. The van der Waals surface area contributed by atoms with Gasteiger partial charge in [0, 0.05) is 13.1 Å². The summed E-state index contributed by atoms with van der Waals surface area (Å²) in [7, 11) is 0. The summed E-state index contributed by atoms with van der Waals surface area (Å²) in [5.74, 6) is 4.52. The maximum Gasteiger partial charge on any atom is 0.239 e. The highest BCUT2D eigenvalue weighted by Crippen LogP contribution is 2.16. The summed E-state index contributed by atoms with van der Waals surface area (Å²) in [5, 5.41) is 2.64. The SMILES string of the molecule is CCNC(=O)CN(CC)c1nc(NN)ncc1F. The maximum absolute atomic E-state index is 13.6. The van der Waals surface area contributed by atoms with Gasteiger partial charge in [-0.05, 0) is 13.8 Å². The predicted molar refractivity (Wildman–Crippen MR) is 66.4 cm³/mol. The molecule has 0 radical (unpaired) electrons. The summed E-state index contributed by atoms with van der Waals surface area (Å²) in [6, 6.07) is 0. The number of hydrazine groups is 1. The number of nitrogens with zero attached hydrogens (tertiary/aromatic N) is 3. The molecular weight excluding hydrogens is 239 g/mol. The van der Waals surface area contributed by atoms with E-state index in [-0.39, 0.29) is 24.2 Å². The molecule has 0 aliphatic rings. The number of carbonyl (C=O) groups excluding carboxylic acids is 1. The van der Waals surface area contributed by atoms with Crippen molar-refractivity contribution in [2.24, 2.45) is 5.84 Å². The third-order valence-corrected chi connectivity index (χ3v) is 2.24. The van der Waals surface area contributed by atoms with E-state index in [0.717, 1.165) is 6.20 Å². The average Bonchev–Trinajstić information content (AvgIpc) is 2.37. The summed E-state index contributed by atoms with van der Waals surface area (Å²) < 4.78 is 13.6. The van der Waals surface area contributed by atoms with Crippen molar-refractivity contribution in [1.82, 2.24) is 15.3 Å². The summed E-state index contributed by atoms with van der Waals surface area (Å²) in [5.41, 5.74) is 2.24. The highest BCUT2D eigenvalue weighted by atomic mass is 19.1. The van der Waals surface area contributed by atoms with Gasteiger partial charge in [-0.25, -0.2) is 15.2 Å². The van der Waals surface area contributed by atoms with Crippen LogP contribution in [-0.2, 0) is 4.79 Å². The van der Waals surface area contributed by atoms with E-state index in [0.29, 0.717) is 13.1 Å². The third-order valence-electron chi connectivity index (χ3n) is 2.24. The lowest BCUT2D eigenvalue weighted by molar-refractivity contribution is -0.119. The Bertz CT molecular complexity index is 413. The Kier molecular flexibility index (Phi) is 5.25. The van der Waals surface area contributed by atoms with E-state index < -0.39 is 5.82 Å². The van der Waals surface area contributed by atoms with Crippen LogP contribution < -0.4 is 21.5 Å². The van der Waals surface area contributed by atoms with Gasteiger partial charge in [0.15, 0.2) is 11.6 Å². The largest absolute Gasteiger partial charge is 0.355 e. The van der Waals surface area contributed by atoms with Crippen LogP contribution in [0.15, 0.2) is 6.20 Å². The number of rotatable bonds is 6. The zero-order valence-electron chi connectivity index (χ0n) is 10.4. The average molecular weight is 256 g/mol. The molecule has 0 aliphatic heterocycles. The molecule has 4 N–H and O–H groups in total. The molecule has 18 heavy (non-hydrogen) atoms. The van der Waals surface area contributed by atoms with Crippen LogP contribution in [0.5, 0.6) is 0 Å². The van der Waals surface area contributed by atoms with E-state index in [1.807, 2.05) is 6.92 Å². The molecule has 0 aromatic carbocycles. The number of halogens is 1. The van der Waals surface area contributed by atoms with Crippen molar-refractivity contribution < 1.29 is 9.18 Å². The first-order valence-corrected chi connectivity index (χ1v) is 5.63. The lowest BCUT2D eigenvalue weighted by Crippen LogP contribution is -2.38. The lowest BCUT2D eigenvalue weighted by Gasteiger charge is -2.21. The molecule has 0 unspecified atom stereocenters. The Balaban J connectivity index is 2.90. The van der Waals surface area contributed by atoms with Crippen molar-refractivity contribution in [3.8, 4) is 0 Å². The first-order chi connectivity index (χ1) is 8.62. The number of hydrogen-bond acceptors (Lipinski definition) is 6. The normalized spacial score (nSPS) is 10.0. The van der Waals surface area contributed by atoms with Gasteiger partial charge in [-0.15, -0.1) is 0 Å². The first kappa shape index (κ1) is 14.1. The van der Waals surface area contributed by atoms with Crippen LogP contribution in [0.4, 0.5) is 16.2 Å². The highest BCUT2D eigenvalue weighted by molar-refractivity contribution is 5.81. The number of amides is 1. The van der Waals surface area contributed by atoms with Crippen LogP contribution >= 0.6 is 0 Å². The van der Waals surface area contributed by atoms with Crippen molar-refractivity contribution >= 4 is 17.7 Å². The fourth-order valence-electron chi connectivity index (χ4n) is 1.41. The second kappa shape index (κ2) is 6.70. The number of aromatic nitrogens is 2. The fraction of sp³-hybridized carbons (Fsp3) is 0.500. The minimum atomic E-state index is -0.597. The third kappa shape index (κ3) is 3.52. The summed E-state index contributed by atoms with van der Waals surface area (Å²) in [6.07, 6.45) is 1.01. The fourth-order valence-corrected chi connectivity index (χ4v) is 1.41. The molecule has 0 atom stereocenters. The zero-order chi connectivity index (χ0) is 13.5. The van der Waals surface area contributed by atoms with E-state index >= 15 is 0 Å². The molecule has 1 heterocycles. The standard InChI is InChI=1S/C10H17FN6O/c1-3-13-8(18)6-17(4-2)9-7(11)5-14-10(15-9)16-12/h5H,3-4,6,12H2,1-2H3,(H,13,18)(H,14,15,16). The molecule has 1 aromatic rings. The number of hydrogen-bond donors (Lipinski definition) is 3. The summed E-state index contributed by atoms with van der Waals surface area (Å²) >= 11 is 0. The zero-order valence-corrected chi connectivity index (χ0v) is 10.4. The van der Waals surface area contributed by atoms with Gasteiger partial charge in [-0.3, -0.25) is 10.2 Å². The number of likely N-dealkylation sites (N-methyl/N-ethyl adjacent to an activating group) is 2. The van der Waals surface area contributed by atoms with Crippen LogP contribution in [0.3, 0.4) is 0 Å². The van der Waals surface area contributed by atoms with Crippen LogP contribution in [0, 0.1) is 5.82 Å². The van der Waals surface area contributed by atoms with Gasteiger partial charge in [0.05, 0.1) is 12.7 Å². The number of carbonyl (C=O) groups is 1. The van der Waals surface area contributed by atoms with Gasteiger partial charge < -0.3 is 10.2 Å². The molecule has 0 aliphatic carbocycles. The Morgan fingerprint density at radius 2 is 2.28 bits per heavy atom. The Morgan fingerprint density at radius 3 is 2.83 bits per heavy atom. The molecule has 1 aromatic heterocycles. The van der Waals surface area contributed by atoms with Gasteiger partial charge in [-0.1, -0.05) is 0 Å². The van der Waals surface area contributed by atoms with Gasteiger partial charge >= 0.3 is 0 Å². The van der Waals surface area contributed by atoms with Gasteiger partial charge in [0.2, 0.25) is 11.9 Å². The van der Waals surface area contributed by atoms with E-state index in [2.05, 4.69) is 20.7 Å². The molecule has 0 spiro atoms. The Morgan fingerprint density at radius 1 is 1.56 bits per heavy atom. The molecule has 100 valence electrons. The Hall–Kier alpha value is -1.96. The second-order valence-corrected chi connectivity index (χ2v) is 3.48. The second-order valence-electron chi connectivity index (χ2n) is 3.48. The van der Waals surface area contributed by atoms with Crippen molar-refractivity contribution in [2.75, 3.05) is 30.0 Å². The van der Waals surface area contributed by atoms with E-state index in [1.165, 1.54) is 4.90 Å². The molecular formula is C10H17FN6O. The number of anilines is 2. The minimum absolute atomic E-state index is 0.0300. The summed E-state index contributed by atoms with van der Waals surface area (Å²) in [4.78, 5) is 20.5. The molecule has 1 rings (SSSR count). The van der Waals surface area contributed by atoms with E-state index in [9.17, 15) is 9.18 Å². The van der Waals surface area contributed by atoms with Crippen LogP contribution in [0.2, 0.25) is 0 Å². The number of nitrogens with one attached hydrogen (secondary N) is 2. The topological polar surface area (TPSA) is 96.2 Å². The number of nitrogen functional groups attached to an aromatic ring is 1. The highest BCUT2D eigenvalue weighted by Gasteiger charge is 2.16. The molecule has 0 saturated carbocycles. The predicted octanol–water partition coefficient (Wildman–Crippen LogP) is -0.136. The van der Waals surface area contributed by atoms with Crippen molar-refractivity contribution in [2.45, 2.75) is 13.8 Å². The monoisotopic (exact) mass is 256 g/mol. The summed E-state index contributed by atoms with van der Waals surface area (Å²) in [6.45, 7) is 4.61. The number of nitrogens with two attached hydrogens (primary N) is 1. The molecule has 0 saturated heterocycles. The van der Waals surface area contributed by atoms with Crippen LogP contribution in [0.25, 0.3) is 0 Å². The van der Waals surface area contributed by atoms with Crippen molar-refractivity contribution in [1.29, 1.82) is 0 Å². The molecule has 7 nitrogen and oxygen atoms in total. The van der Waals surface area contributed by atoms with Gasteiger partial charge in [0.1, 0.15) is 0 Å². The molecule has 8 heteroatoms. The molecule has 0 fully saturated rings. The Labute approximate surface area is 105 Å². The lowest BCUT2D eigenvalue weighted by atomic mass is 10.4. The van der Waals surface area contributed by atoms with Gasteiger partial charge in [0.25, 0.3) is 0 Å². The van der Waals surface area contributed by atoms with Crippen molar-refractivity contribution in [3.05, 3.63) is 12.0 Å². The molecule has 0 bridgehead atoms. The molecule has 1 amide bonds. The van der Waals surface area contributed by atoms with Crippen LogP contribution in [0.1, 0.15) is 13.8 Å². The van der Waals surface area contributed by atoms with Gasteiger partial charge in [-0.2, -0.15) is 4.98 Å². The maximum atomic E-state index is 13.6.